The highest BCUT2D eigenvalue weighted by Crippen LogP contribution is 2.25. The van der Waals surface area contributed by atoms with Gasteiger partial charge in [-0.2, -0.15) is 0 Å². The first-order valence-electron chi connectivity index (χ1n) is 8.69. The van der Waals surface area contributed by atoms with Crippen LogP contribution < -0.4 is 5.46 Å². The van der Waals surface area contributed by atoms with E-state index in [0.29, 0.717) is 0 Å². The predicted octanol–water partition coefficient (Wildman–Crippen LogP) is 2.07. The van der Waals surface area contributed by atoms with Crippen molar-refractivity contribution in [1.82, 2.24) is 4.90 Å². The third kappa shape index (κ3) is 4.79. The third-order valence-corrected chi connectivity index (χ3v) is 5.07. The first kappa shape index (κ1) is 19.4. The van der Waals surface area contributed by atoms with Gasteiger partial charge in [0.1, 0.15) is 5.82 Å². The maximum absolute atomic E-state index is 14.4. The zero-order valence-electron chi connectivity index (χ0n) is 15.2. The highest BCUT2D eigenvalue weighted by molar-refractivity contribution is 6.60. The van der Waals surface area contributed by atoms with Crippen molar-refractivity contribution in [3.8, 4) is 0 Å². The molecule has 1 aromatic rings. The largest absolute Gasteiger partial charge is 0.494 e. The molecule has 1 aliphatic heterocycles. The number of aliphatic hydroxyl groups is 1. The summed E-state index contributed by atoms with van der Waals surface area (Å²) in [4.78, 5) is 2.32. The van der Waals surface area contributed by atoms with E-state index in [1.165, 1.54) is 25.3 Å². The van der Waals surface area contributed by atoms with Crippen molar-refractivity contribution in [3.05, 3.63) is 29.6 Å². The van der Waals surface area contributed by atoms with Crippen molar-refractivity contribution in [3.63, 3.8) is 0 Å². The van der Waals surface area contributed by atoms with Crippen LogP contribution in [0.15, 0.2) is 18.2 Å². The molecular formula is C18H29BFNO3. The summed E-state index contributed by atoms with van der Waals surface area (Å²) < 4.78 is 19.9. The van der Waals surface area contributed by atoms with Crippen molar-refractivity contribution in [2.75, 3.05) is 13.1 Å². The summed E-state index contributed by atoms with van der Waals surface area (Å²) in [5, 5.41) is 20.3. The molecule has 2 N–H and O–H groups in total. The summed E-state index contributed by atoms with van der Waals surface area (Å²) in [7, 11) is -1.42. The fourth-order valence-electron chi connectivity index (χ4n) is 2.73. The average molecular weight is 337 g/mol. The van der Waals surface area contributed by atoms with Crippen LogP contribution in [0.1, 0.15) is 52.5 Å². The van der Waals surface area contributed by atoms with Crippen molar-refractivity contribution < 1.29 is 19.2 Å². The number of benzene rings is 1. The van der Waals surface area contributed by atoms with E-state index in [4.69, 9.17) is 4.65 Å². The minimum absolute atomic E-state index is 0.0923. The van der Waals surface area contributed by atoms with E-state index in [-0.39, 0.29) is 5.46 Å². The van der Waals surface area contributed by atoms with E-state index in [2.05, 4.69) is 4.90 Å². The van der Waals surface area contributed by atoms with Gasteiger partial charge in [-0.15, -0.1) is 0 Å². The number of rotatable bonds is 6. The molecule has 1 saturated heterocycles. The Labute approximate surface area is 144 Å². The zero-order chi connectivity index (χ0) is 18.0. The minimum atomic E-state index is -1.42. The third-order valence-electron chi connectivity index (χ3n) is 5.07. The van der Waals surface area contributed by atoms with Crippen LogP contribution in [-0.2, 0) is 11.2 Å². The second-order valence-corrected chi connectivity index (χ2v) is 7.73. The number of likely N-dealkylation sites (tertiary alicyclic amines) is 1. The first-order chi connectivity index (χ1) is 11.1. The molecule has 1 aliphatic rings. The normalized spacial score (nSPS) is 17.1. The molecule has 0 bridgehead atoms. The van der Waals surface area contributed by atoms with E-state index in [1.54, 1.807) is 33.8 Å². The average Bonchev–Trinajstić information content (AvgIpc) is 2.46. The number of halogens is 1. The fraction of sp³-hybridized carbons (Fsp3) is 0.667. The van der Waals surface area contributed by atoms with Gasteiger partial charge in [0.25, 0.3) is 0 Å². The van der Waals surface area contributed by atoms with Crippen LogP contribution in [0.3, 0.4) is 0 Å². The molecule has 0 amide bonds. The van der Waals surface area contributed by atoms with E-state index in [0.717, 1.165) is 25.2 Å². The lowest BCUT2D eigenvalue weighted by molar-refractivity contribution is -0.0983. The summed E-state index contributed by atoms with van der Waals surface area (Å²) in [6.45, 7) is 9.35. The zero-order valence-corrected chi connectivity index (χ0v) is 15.2. The minimum Gasteiger partial charge on any atom is -0.423 e. The van der Waals surface area contributed by atoms with Gasteiger partial charge in [-0.05, 0) is 65.3 Å². The molecule has 4 nitrogen and oxygen atoms in total. The number of piperidine rings is 1. The van der Waals surface area contributed by atoms with Gasteiger partial charge >= 0.3 is 7.12 Å². The number of hydrogen-bond donors (Lipinski definition) is 2. The van der Waals surface area contributed by atoms with E-state index < -0.39 is 24.1 Å². The molecule has 6 heteroatoms. The van der Waals surface area contributed by atoms with Gasteiger partial charge in [0.05, 0.1) is 11.2 Å². The Morgan fingerprint density at radius 1 is 1.17 bits per heavy atom. The summed E-state index contributed by atoms with van der Waals surface area (Å²) in [6, 6.07) is 4.87. The molecule has 2 rings (SSSR count). The number of hydrogen-bond acceptors (Lipinski definition) is 4. The molecular weight excluding hydrogens is 308 g/mol. The smallest absolute Gasteiger partial charge is 0.423 e. The SMILES string of the molecule is CC(C)(O)C(C)(C)OB(O)c1ccc(CN2CCCCC2)cc1F. The Morgan fingerprint density at radius 2 is 1.79 bits per heavy atom. The van der Waals surface area contributed by atoms with Gasteiger partial charge < -0.3 is 14.8 Å². The monoisotopic (exact) mass is 337 g/mol. The van der Waals surface area contributed by atoms with Crippen LogP contribution in [-0.4, -0.2) is 46.4 Å². The van der Waals surface area contributed by atoms with E-state index in [1.807, 2.05) is 6.07 Å². The Morgan fingerprint density at radius 3 is 2.33 bits per heavy atom. The Kier molecular flexibility index (Phi) is 6.07. The summed E-state index contributed by atoms with van der Waals surface area (Å²) in [6.07, 6.45) is 3.66. The van der Waals surface area contributed by atoms with Crippen LogP contribution in [0.2, 0.25) is 0 Å². The van der Waals surface area contributed by atoms with Crippen molar-refractivity contribution in [2.24, 2.45) is 0 Å². The molecule has 0 aliphatic carbocycles. The molecule has 0 radical (unpaired) electrons. The van der Waals surface area contributed by atoms with Crippen molar-refractivity contribution in [1.29, 1.82) is 0 Å². The number of nitrogens with zero attached hydrogens (tertiary/aromatic N) is 1. The van der Waals surface area contributed by atoms with Gasteiger partial charge in [-0.1, -0.05) is 18.6 Å². The second-order valence-electron chi connectivity index (χ2n) is 7.73. The fourth-order valence-corrected chi connectivity index (χ4v) is 2.73. The summed E-state index contributed by atoms with van der Waals surface area (Å²) in [5.41, 5.74) is -1.20. The highest BCUT2D eigenvalue weighted by Gasteiger charge is 2.40. The molecule has 0 saturated carbocycles. The van der Waals surface area contributed by atoms with Gasteiger partial charge in [-0.3, -0.25) is 4.90 Å². The second kappa shape index (κ2) is 7.52. The summed E-state index contributed by atoms with van der Waals surface area (Å²) >= 11 is 0. The lowest BCUT2D eigenvalue weighted by Crippen LogP contribution is -2.53. The van der Waals surface area contributed by atoms with Crippen LogP contribution in [0.4, 0.5) is 4.39 Å². The molecule has 1 heterocycles. The van der Waals surface area contributed by atoms with Gasteiger partial charge in [-0.25, -0.2) is 4.39 Å². The van der Waals surface area contributed by atoms with Crippen molar-refractivity contribution in [2.45, 2.75) is 64.7 Å². The standard InChI is InChI=1S/C18H29BFNO3/c1-17(2,22)18(3,4)24-19(23)15-9-8-14(12-16(15)20)13-21-10-6-5-7-11-21/h8-9,12,22-23H,5-7,10-11,13H2,1-4H3. The lowest BCUT2D eigenvalue weighted by Gasteiger charge is -2.38. The van der Waals surface area contributed by atoms with Crippen LogP contribution >= 0.6 is 0 Å². The molecule has 0 spiro atoms. The summed E-state index contributed by atoms with van der Waals surface area (Å²) in [5.74, 6) is -0.483. The predicted molar refractivity (Wildman–Crippen MR) is 94.6 cm³/mol. The van der Waals surface area contributed by atoms with Gasteiger partial charge in [0, 0.05) is 12.0 Å². The molecule has 0 unspecified atom stereocenters. The Hall–Kier alpha value is -0.945. The molecule has 134 valence electrons. The first-order valence-corrected chi connectivity index (χ1v) is 8.69. The molecule has 0 aromatic heterocycles. The van der Waals surface area contributed by atoms with E-state index in [9.17, 15) is 14.5 Å². The maximum atomic E-state index is 14.4. The quantitative estimate of drug-likeness (QED) is 0.781. The van der Waals surface area contributed by atoms with Crippen LogP contribution in [0.5, 0.6) is 0 Å². The van der Waals surface area contributed by atoms with Gasteiger partial charge in [0.2, 0.25) is 0 Å². The Balaban J connectivity index is 2.05. The Bertz CT molecular complexity index is 554. The molecule has 1 aromatic carbocycles. The van der Waals surface area contributed by atoms with E-state index >= 15 is 0 Å². The van der Waals surface area contributed by atoms with Crippen molar-refractivity contribution >= 4 is 12.6 Å². The molecule has 24 heavy (non-hydrogen) atoms. The molecule has 1 fully saturated rings. The van der Waals surface area contributed by atoms with Crippen LogP contribution in [0, 0.1) is 5.82 Å². The maximum Gasteiger partial charge on any atom is 0.494 e. The lowest BCUT2D eigenvalue weighted by atomic mass is 9.76. The highest BCUT2D eigenvalue weighted by atomic mass is 19.1. The van der Waals surface area contributed by atoms with Crippen LogP contribution in [0.25, 0.3) is 0 Å². The molecule has 0 atom stereocenters. The topological polar surface area (TPSA) is 52.9 Å². The van der Waals surface area contributed by atoms with Gasteiger partial charge in [0.15, 0.2) is 0 Å².